The molecule has 90 valence electrons. The molecule has 0 saturated heterocycles. The van der Waals surface area contributed by atoms with E-state index in [0.29, 0.717) is 12.1 Å². The van der Waals surface area contributed by atoms with Gasteiger partial charge in [0.2, 0.25) is 5.91 Å². The van der Waals surface area contributed by atoms with Gasteiger partial charge in [-0.15, -0.1) is 0 Å². The molecule has 0 saturated carbocycles. The third kappa shape index (κ3) is 2.80. The number of hydrogen-bond donors (Lipinski definition) is 2. The van der Waals surface area contributed by atoms with E-state index in [-0.39, 0.29) is 5.91 Å². The molecule has 0 aromatic heterocycles. The number of ether oxygens (including phenoxy) is 1. The summed E-state index contributed by atoms with van der Waals surface area (Å²) in [5.74, 6) is -0.696. The summed E-state index contributed by atoms with van der Waals surface area (Å²) in [7, 11) is 3.00. The second-order valence-electron chi connectivity index (χ2n) is 3.73. The monoisotopic (exact) mass is 228 g/mol. The van der Waals surface area contributed by atoms with Crippen molar-refractivity contribution in [3.63, 3.8) is 0 Å². The molecule has 16 heavy (non-hydrogen) atoms. The fourth-order valence-corrected chi connectivity index (χ4v) is 1.65. The topological polar surface area (TPSA) is 78.9 Å². The fourth-order valence-electron chi connectivity index (χ4n) is 1.65. The van der Waals surface area contributed by atoms with Gasteiger partial charge in [0.1, 0.15) is 12.3 Å². The molecule has 0 aromatic carbocycles. The molecule has 1 aliphatic heterocycles. The van der Waals surface area contributed by atoms with Crippen molar-refractivity contribution in [3.8, 4) is 0 Å². The number of rotatable bonds is 2. The molecule has 0 radical (unpaired) electrons. The molecule has 2 atom stereocenters. The van der Waals surface area contributed by atoms with Gasteiger partial charge in [0.25, 0.3) is 0 Å². The van der Waals surface area contributed by atoms with Gasteiger partial charge in [0, 0.05) is 19.0 Å². The maximum absolute atomic E-state index is 11.3. The predicted molar refractivity (Wildman–Crippen MR) is 56.3 cm³/mol. The van der Waals surface area contributed by atoms with E-state index in [1.54, 1.807) is 11.9 Å². The minimum Gasteiger partial charge on any atom is -0.466 e. The lowest BCUT2D eigenvalue weighted by Crippen LogP contribution is -2.55. The summed E-state index contributed by atoms with van der Waals surface area (Å²) < 4.78 is 4.57. The van der Waals surface area contributed by atoms with E-state index >= 15 is 0 Å². The van der Waals surface area contributed by atoms with Crippen LogP contribution in [0.5, 0.6) is 0 Å². The Morgan fingerprint density at radius 3 is 2.69 bits per heavy atom. The summed E-state index contributed by atoms with van der Waals surface area (Å²) in [6.45, 7) is 1.70. The lowest BCUT2D eigenvalue weighted by molar-refractivity contribution is -0.136. The maximum atomic E-state index is 11.3. The Hall–Kier alpha value is -1.40. The van der Waals surface area contributed by atoms with Crippen LogP contribution in [-0.4, -0.2) is 54.9 Å². The van der Waals surface area contributed by atoms with E-state index in [0.717, 1.165) is 0 Å². The smallest absolute Gasteiger partial charge is 0.334 e. The summed E-state index contributed by atoms with van der Waals surface area (Å²) in [5, 5.41) is 12.4. The van der Waals surface area contributed by atoms with Crippen LogP contribution in [-0.2, 0) is 14.3 Å². The van der Waals surface area contributed by atoms with E-state index in [1.807, 2.05) is 0 Å². The van der Waals surface area contributed by atoms with Crippen LogP contribution in [0.1, 0.15) is 6.92 Å². The molecule has 6 heteroatoms. The number of esters is 1. The number of amides is 1. The maximum Gasteiger partial charge on any atom is 0.334 e. The van der Waals surface area contributed by atoms with E-state index < -0.39 is 18.2 Å². The van der Waals surface area contributed by atoms with Crippen molar-refractivity contribution >= 4 is 11.9 Å². The van der Waals surface area contributed by atoms with Gasteiger partial charge in [-0.25, -0.2) is 4.79 Å². The van der Waals surface area contributed by atoms with Crippen molar-refractivity contribution in [1.29, 1.82) is 0 Å². The largest absolute Gasteiger partial charge is 0.466 e. The average Bonchev–Trinajstić information content (AvgIpc) is 2.21. The number of carbonyl (C=O) groups is 2. The number of aliphatic hydroxyl groups is 1. The van der Waals surface area contributed by atoms with Crippen LogP contribution in [0, 0.1) is 0 Å². The van der Waals surface area contributed by atoms with Crippen LogP contribution in [0.2, 0.25) is 0 Å². The van der Waals surface area contributed by atoms with E-state index in [2.05, 4.69) is 10.1 Å². The molecular weight excluding hydrogens is 212 g/mol. The summed E-state index contributed by atoms with van der Waals surface area (Å²) in [5.41, 5.74) is 0.388. The first kappa shape index (κ1) is 12.7. The average molecular weight is 228 g/mol. The van der Waals surface area contributed by atoms with Crippen molar-refractivity contribution in [3.05, 3.63) is 11.6 Å². The third-order valence-corrected chi connectivity index (χ3v) is 2.39. The first-order valence-corrected chi connectivity index (χ1v) is 4.90. The minimum absolute atomic E-state index is 0.231. The van der Waals surface area contributed by atoms with Crippen LogP contribution in [0.25, 0.3) is 0 Å². The molecule has 0 aromatic rings. The van der Waals surface area contributed by atoms with Gasteiger partial charge in [0.05, 0.1) is 7.11 Å². The van der Waals surface area contributed by atoms with Crippen LogP contribution in [0.4, 0.5) is 0 Å². The van der Waals surface area contributed by atoms with Crippen molar-refractivity contribution in [2.24, 2.45) is 0 Å². The number of carbonyl (C=O) groups excluding carboxylic acids is 2. The molecule has 0 aliphatic carbocycles. The van der Waals surface area contributed by atoms with E-state index in [4.69, 9.17) is 0 Å². The standard InChI is InChI=1S/C10H16N2O4/c1-6(13)11-9-8(14)4-7(5-12(9)2)10(15)16-3/h4,8-9,14H,5H2,1-3H3,(H,11,13). The second-order valence-corrected chi connectivity index (χ2v) is 3.73. The highest BCUT2D eigenvalue weighted by Crippen LogP contribution is 2.14. The number of nitrogens with one attached hydrogen (secondary N) is 1. The van der Waals surface area contributed by atoms with Gasteiger partial charge in [-0.2, -0.15) is 0 Å². The second kappa shape index (κ2) is 5.09. The predicted octanol–water partition coefficient (Wildman–Crippen LogP) is -1.15. The van der Waals surface area contributed by atoms with E-state index in [9.17, 15) is 14.7 Å². The molecule has 2 unspecified atom stereocenters. The van der Waals surface area contributed by atoms with E-state index in [1.165, 1.54) is 20.1 Å². The number of methoxy groups -OCH3 is 1. The Morgan fingerprint density at radius 1 is 1.62 bits per heavy atom. The first-order chi connectivity index (χ1) is 7.45. The zero-order valence-electron chi connectivity index (χ0n) is 9.56. The van der Waals surface area contributed by atoms with Crippen molar-refractivity contribution in [2.45, 2.75) is 19.2 Å². The molecule has 0 bridgehead atoms. The summed E-state index contributed by atoms with van der Waals surface area (Å²) >= 11 is 0. The molecule has 1 heterocycles. The first-order valence-electron chi connectivity index (χ1n) is 4.90. The van der Waals surface area contributed by atoms with Gasteiger partial charge in [-0.3, -0.25) is 9.69 Å². The van der Waals surface area contributed by atoms with Gasteiger partial charge in [-0.05, 0) is 13.1 Å². The van der Waals surface area contributed by atoms with Crippen LogP contribution in [0.3, 0.4) is 0 Å². The lowest BCUT2D eigenvalue weighted by atomic mass is 10.1. The Kier molecular flexibility index (Phi) is 4.03. The number of aliphatic hydroxyl groups excluding tert-OH is 1. The summed E-state index contributed by atoms with van der Waals surface area (Å²) in [4.78, 5) is 23.9. The highest BCUT2D eigenvalue weighted by atomic mass is 16.5. The lowest BCUT2D eigenvalue weighted by Gasteiger charge is -2.35. The van der Waals surface area contributed by atoms with Gasteiger partial charge in [0.15, 0.2) is 0 Å². The third-order valence-electron chi connectivity index (χ3n) is 2.39. The quantitative estimate of drug-likeness (QED) is 0.584. The number of likely N-dealkylation sites (N-methyl/N-ethyl adjacent to an activating group) is 1. The fraction of sp³-hybridized carbons (Fsp3) is 0.600. The van der Waals surface area contributed by atoms with Crippen molar-refractivity contribution < 1.29 is 19.4 Å². The molecule has 0 spiro atoms. The van der Waals surface area contributed by atoms with Gasteiger partial charge < -0.3 is 15.2 Å². The zero-order valence-corrected chi connectivity index (χ0v) is 9.56. The Balaban J connectivity index is 2.79. The van der Waals surface area contributed by atoms with Gasteiger partial charge in [-0.1, -0.05) is 0 Å². The summed E-state index contributed by atoms with van der Waals surface area (Å²) in [6.07, 6.45) is -0.0189. The number of hydrogen-bond acceptors (Lipinski definition) is 5. The van der Waals surface area contributed by atoms with Crippen LogP contribution < -0.4 is 5.32 Å². The summed E-state index contributed by atoms with van der Waals surface area (Å²) in [6, 6.07) is 0. The van der Waals surface area contributed by atoms with Gasteiger partial charge >= 0.3 is 5.97 Å². The Morgan fingerprint density at radius 2 is 2.25 bits per heavy atom. The normalized spacial score (nSPS) is 25.9. The van der Waals surface area contributed by atoms with Crippen LogP contribution >= 0.6 is 0 Å². The van der Waals surface area contributed by atoms with Crippen LogP contribution in [0.15, 0.2) is 11.6 Å². The minimum atomic E-state index is -0.920. The molecule has 1 rings (SSSR count). The molecule has 2 N–H and O–H groups in total. The SMILES string of the molecule is COC(=O)C1=CC(O)C(NC(C)=O)N(C)C1. The molecule has 1 amide bonds. The number of nitrogens with zero attached hydrogens (tertiary/aromatic N) is 1. The van der Waals surface area contributed by atoms with Crippen molar-refractivity contribution in [2.75, 3.05) is 20.7 Å². The molecule has 1 aliphatic rings. The highest BCUT2D eigenvalue weighted by Gasteiger charge is 2.30. The Labute approximate surface area is 93.9 Å². The Bertz CT molecular complexity index is 327. The molecule has 0 fully saturated rings. The highest BCUT2D eigenvalue weighted by molar-refractivity contribution is 5.89. The zero-order chi connectivity index (χ0) is 12.3. The molecular formula is C10H16N2O4. The van der Waals surface area contributed by atoms with Crippen molar-refractivity contribution in [1.82, 2.24) is 10.2 Å². The molecule has 6 nitrogen and oxygen atoms in total.